The maximum absolute atomic E-state index is 14.1. The Labute approximate surface area is 271 Å². The van der Waals surface area contributed by atoms with Crippen LogP contribution in [-0.2, 0) is 22.6 Å². The number of methoxy groups -OCH3 is 2. The van der Waals surface area contributed by atoms with Crippen molar-refractivity contribution in [3.05, 3.63) is 127 Å². The van der Waals surface area contributed by atoms with Crippen LogP contribution in [0.1, 0.15) is 42.1 Å². The molecule has 1 aliphatic heterocycles. The number of nitrogens with zero attached hydrogens (tertiary/aromatic N) is 2. The summed E-state index contributed by atoms with van der Waals surface area (Å²) in [5.41, 5.74) is 3.22. The van der Waals surface area contributed by atoms with Crippen LogP contribution >= 0.6 is 11.3 Å². The van der Waals surface area contributed by atoms with Gasteiger partial charge in [-0.2, -0.15) is 0 Å². The Kier molecular flexibility index (Phi) is 10.4. The number of rotatable bonds is 13. The highest BCUT2D eigenvalue weighted by Gasteiger charge is 2.31. The normalized spacial score (nSPS) is 14.0. The summed E-state index contributed by atoms with van der Waals surface area (Å²) in [6.07, 6.45) is 5.59. The first-order chi connectivity index (χ1) is 22.4. The third-order valence-electron chi connectivity index (χ3n) is 7.27. The molecule has 9 nitrogen and oxygen atoms in total. The first-order valence-corrected chi connectivity index (χ1v) is 15.7. The summed E-state index contributed by atoms with van der Waals surface area (Å²) in [5.74, 6) is 1.66. The highest BCUT2D eigenvalue weighted by atomic mass is 32.1. The van der Waals surface area contributed by atoms with Crippen molar-refractivity contribution in [1.82, 2.24) is 4.57 Å². The van der Waals surface area contributed by atoms with Crippen LogP contribution in [0.15, 0.2) is 94.9 Å². The summed E-state index contributed by atoms with van der Waals surface area (Å²) in [7, 11) is 2.89. The minimum atomic E-state index is -0.791. The highest BCUT2D eigenvalue weighted by molar-refractivity contribution is 7.07. The van der Waals surface area contributed by atoms with Gasteiger partial charge in [0, 0.05) is 11.8 Å². The van der Waals surface area contributed by atoms with Crippen LogP contribution in [0.4, 0.5) is 0 Å². The second-order valence-corrected chi connectivity index (χ2v) is 11.2. The Bertz CT molecular complexity index is 1940. The lowest BCUT2D eigenvalue weighted by atomic mass is 9.97. The molecule has 0 spiro atoms. The maximum Gasteiger partial charge on any atom is 0.337 e. The molecule has 0 N–H and O–H groups in total. The van der Waals surface area contributed by atoms with E-state index in [0.29, 0.717) is 64.1 Å². The summed E-state index contributed by atoms with van der Waals surface area (Å²) in [6.45, 7) is 8.93. The molecular weight excluding hydrogens is 604 g/mol. The quantitative estimate of drug-likeness (QED) is 0.148. The molecule has 1 aromatic heterocycles. The van der Waals surface area contributed by atoms with Gasteiger partial charge in [0.2, 0.25) is 0 Å². The Hall–Kier alpha value is -5.09. The fourth-order valence-electron chi connectivity index (χ4n) is 5.26. The first kappa shape index (κ1) is 32.3. The summed E-state index contributed by atoms with van der Waals surface area (Å²) in [6, 6.07) is 18.3. The topological polar surface area (TPSA) is 97.6 Å². The number of hydrogen-bond acceptors (Lipinski definition) is 9. The van der Waals surface area contributed by atoms with Crippen molar-refractivity contribution in [2.24, 2.45) is 4.99 Å². The number of carbonyl (C=O) groups excluding carboxylic acids is 1. The molecule has 0 fully saturated rings. The number of fused-ring (bicyclic) bond motifs is 1. The van der Waals surface area contributed by atoms with Crippen molar-refractivity contribution in [2.45, 2.75) is 32.9 Å². The van der Waals surface area contributed by atoms with Crippen LogP contribution in [-0.4, -0.2) is 38.0 Å². The van der Waals surface area contributed by atoms with Gasteiger partial charge in [-0.15, -0.1) is 6.58 Å². The van der Waals surface area contributed by atoms with Crippen LogP contribution < -0.4 is 33.8 Å². The van der Waals surface area contributed by atoms with Gasteiger partial charge in [-0.05, 0) is 67.3 Å². The molecule has 2 heterocycles. The van der Waals surface area contributed by atoms with Gasteiger partial charge in [-0.3, -0.25) is 9.36 Å². The van der Waals surface area contributed by atoms with Crippen LogP contribution in [0.5, 0.6) is 23.0 Å². The lowest BCUT2D eigenvalue weighted by Gasteiger charge is -2.23. The molecule has 1 atom stereocenters. The fraction of sp³-hybridized carbons (Fsp3) is 0.250. The molecule has 238 valence electrons. The zero-order chi connectivity index (χ0) is 32.6. The smallest absolute Gasteiger partial charge is 0.337 e. The zero-order valence-electron chi connectivity index (χ0n) is 26.3. The summed E-state index contributed by atoms with van der Waals surface area (Å²) in [5, 5.41) is 0. The van der Waals surface area contributed by atoms with Crippen LogP contribution in [0.3, 0.4) is 0 Å². The van der Waals surface area contributed by atoms with Gasteiger partial charge >= 0.3 is 5.97 Å². The van der Waals surface area contributed by atoms with E-state index in [2.05, 4.69) is 11.6 Å². The van der Waals surface area contributed by atoms with Crippen molar-refractivity contribution in [2.75, 3.05) is 27.4 Å². The van der Waals surface area contributed by atoms with E-state index in [-0.39, 0.29) is 11.1 Å². The van der Waals surface area contributed by atoms with Crippen LogP contribution in [0.2, 0.25) is 0 Å². The van der Waals surface area contributed by atoms with Crippen LogP contribution in [0, 0.1) is 0 Å². The maximum atomic E-state index is 14.1. The van der Waals surface area contributed by atoms with Crippen molar-refractivity contribution < 1.29 is 28.5 Å². The predicted octanol–water partition coefficient (Wildman–Crippen LogP) is 5.13. The Morgan fingerprint density at radius 3 is 2.43 bits per heavy atom. The number of allylic oxidation sites excluding steroid dienone is 1. The van der Waals surface area contributed by atoms with E-state index >= 15 is 0 Å². The van der Waals surface area contributed by atoms with Gasteiger partial charge in [-0.1, -0.05) is 53.8 Å². The highest BCUT2D eigenvalue weighted by Crippen LogP contribution is 2.36. The average molecular weight is 641 g/mol. The SMILES string of the molecule is C=CCc1cc(/C=c2\sc3n(c2=O)[C@H](c2ccc(OCC)c(OCC)c2)C(C(=O)OC)=CN=3)cc(OC)c1OCc1ccccc1. The lowest BCUT2D eigenvalue weighted by molar-refractivity contribution is -0.136. The molecule has 0 bridgehead atoms. The molecule has 0 saturated carbocycles. The Morgan fingerprint density at radius 2 is 1.74 bits per heavy atom. The van der Waals surface area contributed by atoms with Crippen molar-refractivity contribution in [3.63, 3.8) is 0 Å². The Balaban J connectivity index is 1.60. The molecule has 0 radical (unpaired) electrons. The molecule has 5 rings (SSSR count). The molecule has 0 amide bonds. The largest absolute Gasteiger partial charge is 0.493 e. The minimum Gasteiger partial charge on any atom is -0.493 e. The van der Waals surface area contributed by atoms with E-state index in [1.54, 1.807) is 31.4 Å². The number of benzene rings is 3. The van der Waals surface area contributed by atoms with Gasteiger partial charge in [0.25, 0.3) is 5.56 Å². The molecule has 10 heteroatoms. The van der Waals surface area contributed by atoms with Crippen molar-refractivity contribution in [1.29, 1.82) is 0 Å². The van der Waals surface area contributed by atoms with E-state index in [9.17, 15) is 9.59 Å². The lowest BCUT2D eigenvalue weighted by Crippen LogP contribution is -2.39. The second kappa shape index (κ2) is 14.8. The van der Waals surface area contributed by atoms with E-state index in [1.165, 1.54) is 29.2 Å². The third kappa shape index (κ3) is 6.77. The fourth-order valence-corrected chi connectivity index (χ4v) is 6.23. The van der Waals surface area contributed by atoms with Crippen LogP contribution in [0.25, 0.3) is 6.08 Å². The van der Waals surface area contributed by atoms with Gasteiger partial charge in [0.15, 0.2) is 27.8 Å². The average Bonchev–Trinajstić information content (AvgIpc) is 3.39. The van der Waals surface area contributed by atoms with Gasteiger partial charge in [-0.25, -0.2) is 9.79 Å². The van der Waals surface area contributed by atoms with Gasteiger partial charge in [0.05, 0.1) is 43.6 Å². The number of thiazole rings is 1. The number of carbonyl (C=O) groups is 1. The predicted molar refractivity (Wildman–Crippen MR) is 178 cm³/mol. The van der Waals surface area contributed by atoms with Crippen molar-refractivity contribution in [3.8, 4) is 23.0 Å². The molecule has 46 heavy (non-hydrogen) atoms. The number of hydrogen-bond donors (Lipinski definition) is 0. The summed E-state index contributed by atoms with van der Waals surface area (Å²) >= 11 is 1.23. The monoisotopic (exact) mass is 640 g/mol. The van der Waals surface area contributed by atoms with E-state index in [0.717, 1.165) is 16.7 Å². The summed E-state index contributed by atoms with van der Waals surface area (Å²) in [4.78, 5) is 32.0. The molecule has 1 aliphatic rings. The zero-order valence-corrected chi connectivity index (χ0v) is 27.1. The molecule has 0 unspecified atom stereocenters. The molecule has 0 saturated heterocycles. The number of esters is 1. The standard InChI is InChI=1S/C36H36N2O7S/c1-6-12-26-17-24(18-30(41-4)33(26)45-22-23-13-10-9-11-14-23)19-31-34(39)38-32(27(35(40)42-5)21-37-36(38)46-31)25-15-16-28(43-7-2)29(20-25)44-8-3/h6,9-11,13-21,32H,1,7-8,12,22H2,2-5H3/b31-19-/t32-/m1/s1. The third-order valence-corrected chi connectivity index (χ3v) is 8.27. The molecule has 4 aromatic rings. The van der Waals surface area contributed by atoms with Crippen molar-refractivity contribution >= 4 is 23.4 Å². The molecular formula is C36H36N2O7S. The minimum absolute atomic E-state index is 0.225. The first-order valence-electron chi connectivity index (χ1n) is 14.9. The second-order valence-electron chi connectivity index (χ2n) is 10.2. The van der Waals surface area contributed by atoms with E-state index < -0.39 is 12.0 Å². The Morgan fingerprint density at radius 1 is 0.978 bits per heavy atom. The molecule has 0 aliphatic carbocycles. The van der Waals surface area contributed by atoms with Gasteiger partial charge in [0.1, 0.15) is 6.61 Å². The number of aromatic nitrogens is 1. The summed E-state index contributed by atoms with van der Waals surface area (Å²) < 4.78 is 30.6. The molecule has 3 aromatic carbocycles. The number of ether oxygens (including phenoxy) is 5. The van der Waals surface area contributed by atoms with E-state index in [4.69, 9.17) is 23.7 Å². The van der Waals surface area contributed by atoms with E-state index in [1.807, 2.05) is 62.4 Å². The van der Waals surface area contributed by atoms with Gasteiger partial charge < -0.3 is 23.7 Å².